The van der Waals surface area contributed by atoms with E-state index >= 15 is 0 Å². The Kier molecular flexibility index (Phi) is 4.37. The van der Waals surface area contributed by atoms with Crippen molar-refractivity contribution >= 4 is 22.4 Å². The Morgan fingerprint density at radius 1 is 1.40 bits per heavy atom. The molecule has 0 unspecified atom stereocenters. The molecule has 0 amide bonds. The van der Waals surface area contributed by atoms with Crippen LogP contribution in [-0.2, 0) is 0 Å². The SMILES string of the molecule is CCCN(CCC)c1nsc(N)c1C#N. The molecule has 5 heteroatoms. The van der Waals surface area contributed by atoms with Crippen molar-refractivity contribution < 1.29 is 0 Å². The molecule has 0 aliphatic carbocycles. The lowest BCUT2D eigenvalue weighted by molar-refractivity contribution is 0.737. The molecule has 0 saturated heterocycles. The predicted molar refractivity (Wildman–Crippen MR) is 64.0 cm³/mol. The highest BCUT2D eigenvalue weighted by molar-refractivity contribution is 7.10. The quantitative estimate of drug-likeness (QED) is 0.832. The van der Waals surface area contributed by atoms with Gasteiger partial charge in [0.25, 0.3) is 0 Å². The first kappa shape index (κ1) is 11.8. The van der Waals surface area contributed by atoms with Gasteiger partial charge in [-0.3, -0.25) is 0 Å². The minimum atomic E-state index is 0.518. The molecule has 0 fully saturated rings. The summed E-state index contributed by atoms with van der Waals surface area (Å²) in [6, 6.07) is 2.12. The van der Waals surface area contributed by atoms with E-state index in [1.54, 1.807) is 0 Å². The number of rotatable bonds is 5. The highest BCUT2D eigenvalue weighted by Gasteiger charge is 2.16. The van der Waals surface area contributed by atoms with Crippen molar-refractivity contribution in [1.29, 1.82) is 5.26 Å². The molecule has 0 aliphatic heterocycles. The summed E-state index contributed by atoms with van der Waals surface area (Å²) in [6.07, 6.45) is 2.09. The minimum absolute atomic E-state index is 0.518. The second kappa shape index (κ2) is 5.56. The summed E-state index contributed by atoms with van der Waals surface area (Å²) in [5.41, 5.74) is 6.22. The Bertz CT molecular complexity index is 347. The van der Waals surface area contributed by atoms with Crippen molar-refractivity contribution in [3.8, 4) is 6.07 Å². The molecule has 0 aromatic carbocycles. The van der Waals surface area contributed by atoms with Crippen molar-refractivity contribution in [1.82, 2.24) is 4.37 Å². The van der Waals surface area contributed by atoms with Crippen LogP contribution >= 0.6 is 11.5 Å². The third-order valence-corrected chi connectivity index (χ3v) is 2.76. The van der Waals surface area contributed by atoms with Crippen molar-refractivity contribution in [2.24, 2.45) is 0 Å². The maximum absolute atomic E-state index is 8.98. The van der Waals surface area contributed by atoms with Gasteiger partial charge in [-0.2, -0.15) is 9.64 Å². The summed E-state index contributed by atoms with van der Waals surface area (Å²) < 4.78 is 4.24. The fraction of sp³-hybridized carbons (Fsp3) is 0.600. The molecular weight excluding hydrogens is 208 g/mol. The van der Waals surface area contributed by atoms with Gasteiger partial charge in [-0.25, -0.2) is 0 Å². The standard InChI is InChI=1S/C10H16N4S/c1-3-5-14(6-4-2)10-8(7-11)9(12)15-13-10/h3-6,12H2,1-2H3. The minimum Gasteiger partial charge on any atom is -0.388 e. The van der Waals surface area contributed by atoms with Gasteiger partial charge in [-0.05, 0) is 24.4 Å². The smallest absolute Gasteiger partial charge is 0.162 e. The molecule has 0 bridgehead atoms. The molecule has 0 aliphatic rings. The first-order chi connectivity index (χ1) is 7.24. The zero-order chi connectivity index (χ0) is 11.3. The topological polar surface area (TPSA) is 65.9 Å². The lowest BCUT2D eigenvalue weighted by Gasteiger charge is -2.21. The second-order valence-corrected chi connectivity index (χ2v) is 4.15. The Balaban J connectivity index is 2.95. The van der Waals surface area contributed by atoms with E-state index in [4.69, 9.17) is 11.0 Å². The number of hydrogen-bond donors (Lipinski definition) is 1. The van der Waals surface area contributed by atoms with E-state index in [0.717, 1.165) is 31.7 Å². The van der Waals surface area contributed by atoms with Gasteiger partial charge >= 0.3 is 0 Å². The van der Waals surface area contributed by atoms with Crippen LogP contribution in [0, 0.1) is 11.3 Å². The highest BCUT2D eigenvalue weighted by atomic mass is 32.1. The summed E-state index contributed by atoms with van der Waals surface area (Å²) in [7, 11) is 0. The first-order valence-corrected chi connectivity index (χ1v) is 5.92. The van der Waals surface area contributed by atoms with E-state index in [2.05, 4.69) is 29.2 Å². The summed E-state index contributed by atoms with van der Waals surface area (Å²) in [5.74, 6) is 0.753. The first-order valence-electron chi connectivity index (χ1n) is 5.14. The molecule has 0 saturated carbocycles. The van der Waals surface area contributed by atoms with E-state index in [1.807, 2.05) is 0 Å². The number of nitrogens with two attached hydrogens (primary N) is 1. The zero-order valence-electron chi connectivity index (χ0n) is 9.16. The lowest BCUT2D eigenvalue weighted by atomic mass is 10.3. The van der Waals surface area contributed by atoms with Crippen molar-refractivity contribution in [3.05, 3.63) is 5.56 Å². The Labute approximate surface area is 94.5 Å². The fourth-order valence-electron chi connectivity index (χ4n) is 1.48. The molecule has 1 heterocycles. The van der Waals surface area contributed by atoms with E-state index < -0.39 is 0 Å². The third kappa shape index (κ3) is 2.60. The Hall–Kier alpha value is -1.28. The van der Waals surface area contributed by atoms with Crippen LogP contribution in [0.4, 0.5) is 10.8 Å². The van der Waals surface area contributed by atoms with Crippen LogP contribution in [0.1, 0.15) is 32.3 Å². The maximum Gasteiger partial charge on any atom is 0.162 e. The van der Waals surface area contributed by atoms with E-state index in [0.29, 0.717) is 10.6 Å². The number of nitriles is 1. The van der Waals surface area contributed by atoms with Crippen LogP contribution in [0.3, 0.4) is 0 Å². The molecule has 15 heavy (non-hydrogen) atoms. The van der Waals surface area contributed by atoms with E-state index in [-0.39, 0.29) is 0 Å². The Morgan fingerprint density at radius 2 is 2.00 bits per heavy atom. The molecular formula is C10H16N4S. The van der Waals surface area contributed by atoms with Crippen molar-refractivity contribution in [3.63, 3.8) is 0 Å². The molecule has 1 rings (SSSR count). The van der Waals surface area contributed by atoms with Crippen LogP contribution in [0.5, 0.6) is 0 Å². The number of anilines is 2. The van der Waals surface area contributed by atoms with Crippen LogP contribution < -0.4 is 10.6 Å². The summed E-state index contributed by atoms with van der Waals surface area (Å²) in [6.45, 7) is 6.08. The zero-order valence-corrected chi connectivity index (χ0v) is 9.97. The normalized spacial score (nSPS) is 9.93. The predicted octanol–water partition coefficient (Wildman–Crippen LogP) is 2.22. The molecule has 4 nitrogen and oxygen atoms in total. The third-order valence-electron chi connectivity index (χ3n) is 2.10. The van der Waals surface area contributed by atoms with Crippen molar-refractivity contribution in [2.45, 2.75) is 26.7 Å². The van der Waals surface area contributed by atoms with Gasteiger partial charge in [0, 0.05) is 13.1 Å². The number of aromatic nitrogens is 1. The van der Waals surface area contributed by atoms with Gasteiger partial charge < -0.3 is 10.6 Å². The van der Waals surface area contributed by atoms with E-state index in [9.17, 15) is 0 Å². The number of nitrogen functional groups attached to an aromatic ring is 1. The lowest BCUT2D eigenvalue weighted by Crippen LogP contribution is -2.25. The van der Waals surface area contributed by atoms with E-state index in [1.165, 1.54) is 11.5 Å². The second-order valence-electron chi connectivity index (χ2n) is 3.34. The summed E-state index contributed by atoms with van der Waals surface area (Å²) >= 11 is 1.20. The van der Waals surface area contributed by atoms with Crippen LogP contribution in [0.2, 0.25) is 0 Å². The fourth-order valence-corrected chi connectivity index (χ4v) is 2.10. The molecule has 0 spiro atoms. The van der Waals surface area contributed by atoms with Gasteiger partial charge in [0.2, 0.25) is 0 Å². The number of nitrogens with zero attached hydrogens (tertiary/aromatic N) is 3. The van der Waals surface area contributed by atoms with Gasteiger partial charge in [-0.1, -0.05) is 13.8 Å². The molecule has 0 atom stereocenters. The number of hydrogen-bond acceptors (Lipinski definition) is 5. The average Bonchev–Trinajstić information content (AvgIpc) is 2.59. The molecule has 2 N–H and O–H groups in total. The summed E-state index contributed by atoms with van der Waals surface area (Å²) in [4.78, 5) is 2.13. The van der Waals surface area contributed by atoms with Crippen LogP contribution in [0.25, 0.3) is 0 Å². The average molecular weight is 224 g/mol. The highest BCUT2D eigenvalue weighted by Crippen LogP contribution is 2.28. The van der Waals surface area contributed by atoms with Crippen LogP contribution in [0.15, 0.2) is 0 Å². The van der Waals surface area contributed by atoms with Crippen molar-refractivity contribution in [2.75, 3.05) is 23.7 Å². The molecule has 0 radical (unpaired) electrons. The monoisotopic (exact) mass is 224 g/mol. The molecule has 1 aromatic rings. The van der Waals surface area contributed by atoms with Gasteiger partial charge in [0.1, 0.15) is 16.6 Å². The molecule has 82 valence electrons. The molecule has 1 aromatic heterocycles. The Morgan fingerprint density at radius 3 is 2.47 bits per heavy atom. The van der Waals surface area contributed by atoms with Gasteiger partial charge in [0.15, 0.2) is 5.82 Å². The van der Waals surface area contributed by atoms with Gasteiger partial charge in [-0.15, -0.1) is 0 Å². The maximum atomic E-state index is 8.98. The van der Waals surface area contributed by atoms with Crippen LogP contribution in [-0.4, -0.2) is 17.5 Å². The largest absolute Gasteiger partial charge is 0.388 e. The summed E-state index contributed by atoms with van der Waals surface area (Å²) in [5, 5.41) is 9.50. The van der Waals surface area contributed by atoms with Gasteiger partial charge in [0.05, 0.1) is 0 Å².